The van der Waals surface area contributed by atoms with Crippen LogP contribution in [0, 0.1) is 0 Å². The summed E-state index contributed by atoms with van der Waals surface area (Å²) in [5.41, 5.74) is 11.2. The molecule has 2 atom stereocenters. The Labute approximate surface area is 188 Å². The lowest BCUT2D eigenvalue weighted by Gasteiger charge is -2.38. The number of aliphatic hydroxyl groups excluding tert-OH is 1. The molecule has 1 aromatic heterocycles. The Balaban J connectivity index is 1.61. The molecule has 166 valence electrons. The van der Waals surface area contributed by atoms with Gasteiger partial charge in [-0.15, -0.1) is 0 Å². The predicted molar refractivity (Wildman–Crippen MR) is 126 cm³/mol. The van der Waals surface area contributed by atoms with Crippen LogP contribution in [0.5, 0.6) is 0 Å². The molecule has 0 radical (unpaired) electrons. The van der Waals surface area contributed by atoms with Crippen LogP contribution in [0.3, 0.4) is 0 Å². The summed E-state index contributed by atoms with van der Waals surface area (Å²) in [6, 6.07) is 18.7. The van der Waals surface area contributed by atoms with Crippen molar-refractivity contribution in [2.45, 2.75) is 44.1 Å². The minimum Gasteiger partial charge on any atom is -0.437 e. The summed E-state index contributed by atoms with van der Waals surface area (Å²) in [5, 5.41) is 13.9. The smallest absolute Gasteiger partial charge is 0.227 e. The molecule has 1 unspecified atom stereocenters. The first-order chi connectivity index (χ1) is 15.4. The van der Waals surface area contributed by atoms with Gasteiger partial charge in [0.1, 0.15) is 5.76 Å². The van der Waals surface area contributed by atoms with Crippen molar-refractivity contribution in [2.24, 2.45) is 10.7 Å². The second-order valence-electron chi connectivity index (χ2n) is 9.03. The normalized spacial score (nSPS) is 20.0. The Morgan fingerprint density at radius 3 is 2.50 bits per heavy atom. The van der Waals surface area contributed by atoms with Crippen LogP contribution >= 0.6 is 0 Å². The lowest BCUT2D eigenvalue weighted by Crippen LogP contribution is -2.48. The monoisotopic (exact) mass is 430 g/mol. The fourth-order valence-corrected chi connectivity index (χ4v) is 4.48. The highest BCUT2D eigenvalue weighted by Gasteiger charge is 2.34. The van der Waals surface area contributed by atoms with Gasteiger partial charge in [-0.05, 0) is 37.3 Å². The maximum absolute atomic E-state index is 9.65. The number of aliphatic hydroxyl groups is 1. The van der Waals surface area contributed by atoms with Gasteiger partial charge in [-0.25, -0.2) is 4.99 Å². The summed E-state index contributed by atoms with van der Waals surface area (Å²) < 4.78 is 6.37. The third kappa shape index (κ3) is 3.75. The molecule has 0 bridgehead atoms. The zero-order chi connectivity index (χ0) is 22.3. The molecule has 1 aliphatic carbocycles. The molecule has 1 saturated carbocycles. The van der Waals surface area contributed by atoms with Crippen LogP contribution in [0.15, 0.2) is 64.0 Å². The zero-order valence-electron chi connectivity index (χ0n) is 18.6. The Kier molecular flexibility index (Phi) is 5.37. The Hall–Kier alpha value is -2.93. The van der Waals surface area contributed by atoms with E-state index in [0.717, 1.165) is 40.5 Å². The largest absolute Gasteiger partial charge is 0.437 e. The van der Waals surface area contributed by atoms with Crippen LogP contribution in [0.1, 0.15) is 31.7 Å². The van der Waals surface area contributed by atoms with Crippen molar-refractivity contribution in [2.75, 3.05) is 13.6 Å². The SMILES string of the molecule is CC(O)CN[C@@H]1N=c2oc(-c3ccc(C4(N)CCC4)cc3)c(-c3ccccc3)c2=CN1C. The average molecular weight is 431 g/mol. The van der Waals surface area contributed by atoms with Gasteiger partial charge in [-0.2, -0.15) is 0 Å². The van der Waals surface area contributed by atoms with Crippen molar-refractivity contribution >= 4 is 6.20 Å². The second kappa shape index (κ2) is 8.20. The van der Waals surface area contributed by atoms with Crippen molar-refractivity contribution in [1.29, 1.82) is 0 Å². The van der Waals surface area contributed by atoms with Gasteiger partial charge < -0.3 is 20.2 Å². The molecule has 2 heterocycles. The van der Waals surface area contributed by atoms with E-state index in [2.05, 4.69) is 47.9 Å². The third-order valence-corrected chi connectivity index (χ3v) is 6.51. The zero-order valence-corrected chi connectivity index (χ0v) is 18.6. The lowest BCUT2D eigenvalue weighted by atomic mass is 9.72. The van der Waals surface area contributed by atoms with Crippen molar-refractivity contribution in [3.05, 3.63) is 70.9 Å². The summed E-state index contributed by atoms with van der Waals surface area (Å²) in [7, 11) is 1.97. The summed E-state index contributed by atoms with van der Waals surface area (Å²) in [4.78, 5) is 6.80. The van der Waals surface area contributed by atoms with Crippen molar-refractivity contribution < 1.29 is 9.52 Å². The van der Waals surface area contributed by atoms with Gasteiger partial charge in [0.2, 0.25) is 5.55 Å². The molecular formula is C26H30N4O2. The maximum atomic E-state index is 9.65. The number of benzene rings is 2. The van der Waals surface area contributed by atoms with Crippen LogP contribution in [0.2, 0.25) is 0 Å². The van der Waals surface area contributed by atoms with Gasteiger partial charge in [0.25, 0.3) is 0 Å². The summed E-state index contributed by atoms with van der Waals surface area (Å²) in [6.45, 7) is 2.20. The average Bonchev–Trinajstić information content (AvgIpc) is 3.14. The molecule has 1 fully saturated rings. The maximum Gasteiger partial charge on any atom is 0.227 e. The van der Waals surface area contributed by atoms with Crippen molar-refractivity contribution in [1.82, 2.24) is 10.2 Å². The minimum atomic E-state index is -0.452. The number of hydrogen-bond donors (Lipinski definition) is 3. The fourth-order valence-electron chi connectivity index (χ4n) is 4.48. The molecule has 2 aliphatic rings. The number of rotatable bonds is 6. The molecule has 0 amide bonds. The molecule has 1 aliphatic heterocycles. The van der Waals surface area contributed by atoms with E-state index in [9.17, 15) is 5.11 Å². The minimum absolute atomic E-state index is 0.183. The quantitative estimate of drug-likeness (QED) is 0.559. The Morgan fingerprint density at radius 1 is 1.16 bits per heavy atom. The van der Waals surface area contributed by atoms with E-state index < -0.39 is 6.10 Å². The molecule has 32 heavy (non-hydrogen) atoms. The van der Waals surface area contributed by atoms with E-state index >= 15 is 0 Å². The lowest BCUT2D eigenvalue weighted by molar-refractivity contribution is 0.170. The van der Waals surface area contributed by atoms with Crippen LogP contribution in [-0.2, 0) is 5.54 Å². The molecule has 2 aromatic carbocycles. The van der Waals surface area contributed by atoms with Crippen LogP contribution in [0.4, 0.5) is 0 Å². The number of furan rings is 1. The van der Waals surface area contributed by atoms with E-state index in [4.69, 9.17) is 15.1 Å². The fraction of sp³-hybridized carbons (Fsp3) is 0.346. The summed E-state index contributed by atoms with van der Waals surface area (Å²) >= 11 is 0. The number of nitrogens with one attached hydrogen (secondary N) is 1. The van der Waals surface area contributed by atoms with Gasteiger partial charge in [-0.1, -0.05) is 54.6 Å². The first-order valence-corrected chi connectivity index (χ1v) is 11.3. The van der Waals surface area contributed by atoms with Crippen LogP contribution in [-0.4, -0.2) is 36.0 Å². The predicted octanol–water partition coefficient (Wildman–Crippen LogP) is 2.51. The molecule has 5 rings (SSSR count). The van der Waals surface area contributed by atoms with E-state index in [0.29, 0.717) is 12.1 Å². The number of nitrogens with two attached hydrogens (primary N) is 1. The van der Waals surface area contributed by atoms with Gasteiger partial charge >= 0.3 is 0 Å². The van der Waals surface area contributed by atoms with E-state index in [1.807, 2.05) is 30.1 Å². The van der Waals surface area contributed by atoms with Gasteiger partial charge in [0.15, 0.2) is 6.29 Å². The van der Waals surface area contributed by atoms with E-state index in [1.54, 1.807) is 6.92 Å². The third-order valence-electron chi connectivity index (χ3n) is 6.51. The second-order valence-corrected chi connectivity index (χ2v) is 9.03. The molecule has 6 heteroatoms. The van der Waals surface area contributed by atoms with Gasteiger partial charge in [0, 0.05) is 36.5 Å². The molecule has 3 aromatic rings. The Bertz CT molecular complexity index is 1210. The summed E-state index contributed by atoms with van der Waals surface area (Å²) in [5.74, 6) is 0.803. The number of nitrogens with zero attached hydrogens (tertiary/aromatic N) is 2. The van der Waals surface area contributed by atoms with E-state index in [1.165, 1.54) is 12.0 Å². The van der Waals surface area contributed by atoms with Crippen LogP contribution < -0.4 is 21.8 Å². The van der Waals surface area contributed by atoms with Crippen LogP contribution in [0.25, 0.3) is 28.7 Å². The van der Waals surface area contributed by atoms with Gasteiger partial charge in [0.05, 0.1) is 11.3 Å². The molecule has 0 spiro atoms. The topological polar surface area (TPSA) is 87.0 Å². The summed E-state index contributed by atoms with van der Waals surface area (Å²) in [6.07, 6.45) is 4.59. The number of fused-ring (bicyclic) bond motifs is 1. The first kappa shape index (κ1) is 20.9. The standard InChI is InChI=1S/C26H30N4O2/c1-17(31)15-28-25-29-24-21(16-30(25)2)22(18-7-4-3-5-8-18)23(32-24)19-9-11-20(12-10-19)26(27)13-6-14-26/h3-5,7-12,16-17,25,28,31H,6,13-15,27H2,1-2H3/t17?,25-/m1/s1. The highest BCUT2D eigenvalue weighted by molar-refractivity contribution is 5.80. The first-order valence-electron chi connectivity index (χ1n) is 11.3. The highest BCUT2D eigenvalue weighted by Crippen LogP contribution is 2.39. The molecule has 4 N–H and O–H groups in total. The Morgan fingerprint density at radius 2 is 1.88 bits per heavy atom. The van der Waals surface area contributed by atoms with Gasteiger partial charge in [-0.3, -0.25) is 5.32 Å². The molecular weight excluding hydrogens is 400 g/mol. The van der Waals surface area contributed by atoms with Crippen molar-refractivity contribution in [3.63, 3.8) is 0 Å². The van der Waals surface area contributed by atoms with Crippen molar-refractivity contribution in [3.8, 4) is 22.5 Å². The van der Waals surface area contributed by atoms with E-state index in [-0.39, 0.29) is 11.8 Å². The molecule has 6 nitrogen and oxygen atoms in total. The number of hydrogen-bond acceptors (Lipinski definition) is 6. The molecule has 0 saturated heterocycles. The highest BCUT2D eigenvalue weighted by atomic mass is 16.3.